The monoisotopic (exact) mass is 214 g/mol. The van der Waals surface area contributed by atoms with E-state index in [-0.39, 0.29) is 35.3 Å². The molecule has 0 amide bonds. The molecule has 0 aliphatic rings. The maximum absolute atomic E-state index is 12.4. The van der Waals surface area contributed by atoms with E-state index in [1.165, 1.54) is 12.1 Å². The fraction of sp³-hybridized carbons (Fsp3) is 0. The second kappa shape index (κ2) is 4.92. The van der Waals surface area contributed by atoms with Crippen molar-refractivity contribution in [1.82, 2.24) is 0 Å². The molecule has 1 radical (unpaired) electrons. The summed E-state index contributed by atoms with van der Waals surface area (Å²) in [7, 11) is -4.06. The summed E-state index contributed by atoms with van der Waals surface area (Å²) in [5, 5.41) is 4.55. The van der Waals surface area contributed by atoms with Gasteiger partial charge in [0.2, 0.25) is 0 Å². The zero-order chi connectivity index (χ0) is 9.19. The molecule has 4 nitrogen and oxygen atoms in total. The van der Waals surface area contributed by atoms with Crippen molar-refractivity contribution in [3.05, 3.63) is 30.1 Å². The zero-order valence-electron chi connectivity index (χ0n) is 6.90. The van der Waals surface area contributed by atoms with Crippen molar-refractivity contribution < 1.29 is 17.0 Å². The van der Waals surface area contributed by atoms with Gasteiger partial charge < -0.3 is 4.18 Å². The predicted molar refractivity (Wildman–Crippen MR) is 45.9 cm³/mol. The fourth-order valence-corrected chi connectivity index (χ4v) is 1.02. The minimum Gasteiger partial charge on any atom is -0.371 e. The normalized spacial score (nSPS) is 10.3. The molecular weight excluding hydrogens is 208 g/mol. The van der Waals surface area contributed by atoms with Gasteiger partial charge in [-0.2, -0.15) is 13.6 Å². The Morgan fingerprint density at radius 1 is 1.38 bits per heavy atom. The van der Waals surface area contributed by atoms with Crippen molar-refractivity contribution in [1.29, 1.82) is 0 Å². The van der Waals surface area contributed by atoms with Gasteiger partial charge in [0.05, 0.1) is 0 Å². The largest absolute Gasteiger partial charge is 0.380 e. The van der Waals surface area contributed by atoms with E-state index < -0.39 is 16.1 Å². The molecule has 1 aromatic carbocycles. The predicted octanol–water partition coefficient (Wildman–Crippen LogP) is 0.0272. The first-order valence-corrected chi connectivity index (χ1v) is 4.42. The number of rotatable bonds is 2. The van der Waals surface area contributed by atoms with Crippen molar-refractivity contribution in [3.63, 3.8) is 0 Å². The molecule has 13 heavy (non-hydrogen) atoms. The summed E-state index contributed by atoms with van der Waals surface area (Å²) in [6.45, 7) is 0. The quantitative estimate of drug-likeness (QED) is 0.706. The summed E-state index contributed by atoms with van der Waals surface area (Å²) in [5.41, 5.74) is 0. The average molecular weight is 214 g/mol. The summed E-state index contributed by atoms with van der Waals surface area (Å²) in [5.74, 6) is -0.728. The molecule has 0 fully saturated rings. The molecule has 0 atom stereocenters. The van der Waals surface area contributed by atoms with Gasteiger partial charge in [0.1, 0.15) is 11.6 Å². The molecule has 7 heteroatoms. The Morgan fingerprint density at radius 3 is 2.46 bits per heavy atom. The summed E-state index contributed by atoms with van der Waals surface area (Å²) < 4.78 is 37.3. The molecule has 0 spiro atoms. The molecule has 0 unspecified atom stereocenters. The molecule has 1 rings (SSSR count). The van der Waals surface area contributed by atoms with E-state index in [4.69, 9.17) is 0 Å². The van der Waals surface area contributed by atoms with Crippen molar-refractivity contribution in [3.8, 4) is 5.75 Å². The standard InChI is InChI=1S/C6H6FNO3S.Na/c7-5-2-1-3-6(4-5)11-12(8,9)10;/h1-4H,(H2,8,9,10);. The summed E-state index contributed by atoms with van der Waals surface area (Å²) in [6, 6.07) is 4.68. The molecule has 0 aliphatic carbocycles. The first-order chi connectivity index (χ1) is 5.47. The van der Waals surface area contributed by atoms with Crippen LogP contribution in [0.1, 0.15) is 0 Å². The van der Waals surface area contributed by atoms with Crippen molar-refractivity contribution in [2.75, 3.05) is 0 Å². The number of hydrogen-bond acceptors (Lipinski definition) is 3. The van der Waals surface area contributed by atoms with Crippen LogP contribution in [-0.4, -0.2) is 38.0 Å². The van der Waals surface area contributed by atoms with Gasteiger partial charge in [-0.25, -0.2) is 4.39 Å². The van der Waals surface area contributed by atoms with Gasteiger partial charge in [-0.05, 0) is 12.1 Å². The van der Waals surface area contributed by atoms with Crippen molar-refractivity contribution >= 4 is 39.9 Å². The zero-order valence-corrected chi connectivity index (χ0v) is 9.71. The van der Waals surface area contributed by atoms with Crippen LogP contribution in [0.4, 0.5) is 4.39 Å². The Hall–Kier alpha value is -0.140. The van der Waals surface area contributed by atoms with Gasteiger partial charge >= 0.3 is 10.3 Å². The molecule has 0 aromatic heterocycles. The third kappa shape index (κ3) is 5.22. The molecular formula is C6H6FNNaO3S. The van der Waals surface area contributed by atoms with Gasteiger partial charge in [-0.1, -0.05) is 6.07 Å². The summed E-state index contributed by atoms with van der Waals surface area (Å²) in [6.07, 6.45) is 0. The second-order valence-corrected chi connectivity index (χ2v) is 3.19. The molecule has 67 valence electrons. The molecule has 0 aliphatic heterocycles. The Bertz CT molecular complexity index is 381. The van der Waals surface area contributed by atoms with E-state index in [0.717, 1.165) is 12.1 Å². The molecule has 0 heterocycles. The van der Waals surface area contributed by atoms with E-state index in [1.54, 1.807) is 0 Å². The van der Waals surface area contributed by atoms with Crippen LogP contribution in [0.3, 0.4) is 0 Å². The van der Waals surface area contributed by atoms with Gasteiger partial charge in [-0.15, -0.1) is 0 Å². The fourth-order valence-electron chi connectivity index (χ4n) is 0.653. The third-order valence-corrected chi connectivity index (χ3v) is 1.43. The van der Waals surface area contributed by atoms with Crippen LogP contribution in [0.15, 0.2) is 24.3 Å². The third-order valence-electron chi connectivity index (χ3n) is 1.01. The van der Waals surface area contributed by atoms with E-state index >= 15 is 0 Å². The van der Waals surface area contributed by atoms with Crippen molar-refractivity contribution in [2.24, 2.45) is 5.14 Å². The smallest absolute Gasteiger partial charge is 0.371 e. The van der Waals surface area contributed by atoms with E-state index in [9.17, 15) is 12.8 Å². The first-order valence-electron chi connectivity index (χ1n) is 2.95. The molecule has 0 bridgehead atoms. The van der Waals surface area contributed by atoms with Crippen LogP contribution in [0.25, 0.3) is 0 Å². The number of halogens is 1. The van der Waals surface area contributed by atoms with E-state index in [0.29, 0.717) is 0 Å². The topological polar surface area (TPSA) is 69.4 Å². The first kappa shape index (κ1) is 12.9. The van der Waals surface area contributed by atoms with E-state index in [1.807, 2.05) is 0 Å². The van der Waals surface area contributed by atoms with Crippen LogP contribution < -0.4 is 9.32 Å². The SMILES string of the molecule is NS(=O)(=O)Oc1cccc(F)c1.[Na]. The maximum Gasteiger partial charge on any atom is 0.380 e. The van der Waals surface area contributed by atoms with Crippen LogP contribution in [0.5, 0.6) is 5.75 Å². The van der Waals surface area contributed by atoms with E-state index in [2.05, 4.69) is 9.32 Å². The summed E-state index contributed by atoms with van der Waals surface area (Å²) in [4.78, 5) is 0. The average Bonchev–Trinajstić information content (AvgIpc) is 1.82. The Balaban J connectivity index is 0.00000144. The van der Waals surface area contributed by atoms with Gasteiger partial charge in [-0.3, -0.25) is 0 Å². The van der Waals surface area contributed by atoms with Crippen LogP contribution in [0, 0.1) is 5.82 Å². The van der Waals surface area contributed by atoms with Gasteiger partial charge in [0, 0.05) is 35.6 Å². The molecule has 1 aromatic rings. The summed E-state index contributed by atoms with van der Waals surface area (Å²) >= 11 is 0. The Labute approximate surface area is 97.4 Å². The van der Waals surface area contributed by atoms with Crippen LogP contribution >= 0.6 is 0 Å². The minimum atomic E-state index is -4.06. The van der Waals surface area contributed by atoms with Crippen LogP contribution in [-0.2, 0) is 10.3 Å². The number of nitrogens with two attached hydrogens (primary N) is 1. The number of hydrogen-bond donors (Lipinski definition) is 1. The van der Waals surface area contributed by atoms with Gasteiger partial charge in [0.25, 0.3) is 0 Å². The number of benzene rings is 1. The maximum atomic E-state index is 12.4. The minimum absolute atomic E-state index is 0. The molecule has 0 saturated carbocycles. The molecule has 0 saturated heterocycles. The molecule has 2 N–H and O–H groups in total. The van der Waals surface area contributed by atoms with Crippen molar-refractivity contribution in [2.45, 2.75) is 0 Å². The Kier molecular flexibility index (Phi) is 4.87. The van der Waals surface area contributed by atoms with Gasteiger partial charge in [0.15, 0.2) is 0 Å². The second-order valence-electron chi connectivity index (χ2n) is 2.03. The Morgan fingerprint density at radius 2 is 2.00 bits per heavy atom. The van der Waals surface area contributed by atoms with Crippen LogP contribution in [0.2, 0.25) is 0 Å².